The van der Waals surface area contributed by atoms with Gasteiger partial charge >= 0.3 is 0 Å². The molecule has 0 saturated carbocycles. The molecule has 0 unspecified atom stereocenters. The van der Waals surface area contributed by atoms with Gasteiger partial charge in [0, 0.05) is 12.7 Å². The molecule has 1 amide bonds. The van der Waals surface area contributed by atoms with E-state index in [1.54, 1.807) is 20.2 Å². The molecule has 0 aliphatic heterocycles. The van der Waals surface area contributed by atoms with Gasteiger partial charge in [0.15, 0.2) is 0 Å². The predicted molar refractivity (Wildman–Crippen MR) is 81.7 cm³/mol. The lowest BCUT2D eigenvalue weighted by Crippen LogP contribution is -2.14. The minimum absolute atomic E-state index is 0.168. The number of hydrogen-bond donors (Lipinski definition) is 2. The van der Waals surface area contributed by atoms with Gasteiger partial charge < -0.3 is 15.4 Å². The van der Waals surface area contributed by atoms with E-state index in [1.807, 2.05) is 43.3 Å². The largest absolute Gasteiger partial charge is 0.495 e. The number of hydrogen-bond acceptors (Lipinski definition) is 3. The number of rotatable bonds is 4. The number of para-hydroxylation sites is 1. The highest BCUT2D eigenvalue weighted by molar-refractivity contribution is 6.08. The van der Waals surface area contributed by atoms with Crippen molar-refractivity contribution in [1.29, 1.82) is 0 Å². The molecule has 0 aliphatic rings. The molecule has 4 heteroatoms. The summed E-state index contributed by atoms with van der Waals surface area (Å²) in [7, 11) is 3.38. The van der Waals surface area contributed by atoms with Crippen molar-refractivity contribution in [3.05, 3.63) is 53.6 Å². The van der Waals surface area contributed by atoms with Crippen LogP contribution in [0.25, 0.3) is 0 Å². The molecule has 20 heavy (non-hydrogen) atoms. The summed E-state index contributed by atoms with van der Waals surface area (Å²) in [6.45, 7) is 1.97. The SMILES string of the molecule is CNc1ccccc1C(=O)Nc1cc(C)ccc1OC. The number of benzene rings is 2. The Labute approximate surface area is 118 Å². The van der Waals surface area contributed by atoms with E-state index in [0.717, 1.165) is 11.3 Å². The first-order valence-electron chi connectivity index (χ1n) is 6.38. The lowest BCUT2D eigenvalue weighted by atomic mass is 10.1. The fraction of sp³-hybridized carbons (Fsp3) is 0.188. The van der Waals surface area contributed by atoms with E-state index in [0.29, 0.717) is 17.0 Å². The second kappa shape index (κ2) is 6.10. The fourth-order valence-corrected chi connectivity index (χ4v) is 2.01. The molecular formula is C16H18N2O2. The molecule has 2 aromatic rings. The fourth-order valence-electron chi connectivity index (χ4n) is 2.01. The van der Waals surface area contributed by atoms with Gasteiger partial charge in [0.05, 0.1) is 18.4 Å². The van der Waals surface area contributed by atoms with Crippen LogP contribution >= 0.6 is 0 Å². The van der Waals surface area contributed by atoms with Gasteiger partial charge in [-0.25, -0.2) is 0 Å². The summed E-state index contributed by atoms with van der Waals surface area (Å²) in [5.41, 5.74) is 3.11. The summed E-state index contributed by atoms with van der Waals surface area (Å²) in [5, 5.41) is 5.90. The zero-order valence-electron chi connectivity index (χ0n) is 11.9. The van der Waals surface area contributed by atoms with E-state index in [1.165, 1.54) is 0 Å². The quantitative estimate of drug-likeness (QED) is 0.896. The van der Waals surface area contributed by atoms with Crippen molar-refractivity contribution in [3.63, 3.8) is 0 Å². The van der Waals surface area contributed by atoms with Crippen molar-refractivity contribution in [2.75, 3.05) is 24.8 Å². The topological polar surface area (TPSA) is 50.4 Å². The van der Waals surface area contributed by atoms with Crippen LogP contribution in [0, 0.1) is 6.92 Å². The number of carbonyl (C=O) groups is 1. The molecule has 0 saturated heterocycles. The molecule has 2 N–H and O–H groups in total. The first kappa shape index (κ1) is 13.9. The van der Waals surface area contributed by atoms with Crippen LogP contribution < -0.4 is 15.4 Å². The molecule has 4 nitrogen and oxygen atoms in total. The maximum atomic E-state index is 12.4. The van der Waals surface area contributed by atoms with E-state index < -0.39 is 0 Å². The van der Waals surface area contributed by atoms with Crippen molar-refractivity contribution in [1.82, 2.24) is 0 Å². The Kier molecular flexibility index (Phi) is 4.25. The number of aryl methyl sites for hydroxylation is 1. The Morgan fingerprint density at radius 1 is 1.10 bits per heavy atom. The van der Waals surface area contributed by atoms with Crippen LogP contribution in [-0.2, 0) is 0 Å². The Bertz CT molecular complexity index is 624. The number of anilines is 2. The van der Waals surface area contributed by atoms with Crippen LogP contribution in [0.1, 0.15) is 15.9 Å². The van der Waals surface area contributed by atoms with Gasteiger partial charge in [0.1, 0.15) is 5.75 Å². The van der Waals surface area contributed by atoms with Gasteiger partial charge in [-0.1, -0.05) is 18.2 Å². The highest BCUT2D eigenvalue weighted by Gasteiger charge is 2.12. The average molecular weight is 270 g/mol. The van der Waals surface area contributed by atoms with Crippen molar-refractivity contribution in [2.24, 2.45) is 0 Å². The molecule has 0 radical (unpaired) electrons. The third kappa shape index (κ3) is 2.91. The van der Waals surface area contributed by atoms with Crippen LogP contribution in [0.2, 0.25) is 0 Å². The summed E-state index contributed by atoms with van der Waals surface area (Å²) < 4.78 is 5.26. The monoisotopic (exact) mass is 270 g/mol. The van der Waals surface area contributed by atoms with Gasteiger partial charge in [-0.05, 0) is 36.8 Å². The Balaban J connectivity index is 2.30. The van der Waals surface area contributed by atoms with Crippen LogP contribution in [-0.4, -0.2) is 20.1 Å². The second-order valence-electron chi connectivity index (χ2n) is 4.45. The maximum Gasteiger partial charge on any atom is 0.257 e. The molecule has 0 aliphatic carbocycles. The Morgan fingerprint density at radius 2 is 1.85 bits per heavy atom. The van der Waals surface area contributed by atoms with Gasteiger partial charge in [0.2, 0.25) is 0 Å². The summed E-state index contributed by atoms with van der Waals surface area (Å²) >= 11 is 0. The van der Waals surface area contributed by atoms with Gasteiger partial charge in [0.25, 0.3) is 5.91 Å². The summed E-state index contributed by atoms with van der Waals surface area (Å²) in [5.74, 6) is 0.477. The summed E-state index contributed by atoms with van der Waals surface area (Å²) in [6.07, 6.45) is 0. The molecular weight excluding hydrogens is 252 g/mol. The van der Waals surface area contributed by atoms with Gasteiger partial charge in [-0.3, -0.25) is 4.79 Å². The zero-order chi connectivity index (χ0) is 14.5. The first-order chi connectivity index (χ1) is 9.65. The average Bonchev–Trinajstić information content (AvgIpc) is 2.47. The van der Waals surface area contributed by atoms with Crippen LogP contribution in [0.15, 0.2) is 42.5 Å². The molecule has 2 rings (SSSR count). The summed E-state index contributed by atoms with van der Waals surface area (Å²) in [6, 6.07) is 13.0. The van der Waals surface area contributed by atoms with E-state index >= 15 is 0 Å². The van der Waals surface area contributed by atoms with Gasteiger partial charge in [-0.15, -0.1) is 0 Å². The lowest BCUT2D eigenvalue weighted by Gasteiger charge is -2.13. The molecule has 2 aromatic carbocycles. The van der Waals surface area contributed by atoms with E-state index in [2.05, 4.69) is 10.6 Å². The minimum atomic E-state index is -0.168. The van der Waals surface area contributed by atoms with E-state index in [9.17, 15) is 4.79 Å². The van der Waals surface area contributed by atoms with Gasteiger partial charge in [-0.2, -0.15) is 0 Å². The zero-order valence-corrected chi connectivity index (χ0v) is 11.9. The molecule has 0 fully saturated rings. The second-order valence-corrected chi connectivity index (χ2v) is 4.45. The van der Waals surface area contributed by atoms with Crippen molar-refractivity contribution >= 4 is 17.3 Å². The standard InChI is InChI=1S/C16H18N2O2/c1-11-8-9-15(20-3)14(10-11)18-16(19)12-6-4-5-7-13(12)17-2/h4-10,17H,1-3H3,(H,18,19). The molecule has 0 atom stereocenters. The highest BCUT2D eigenvalue weighted by Crippen LogP contribution is 2.26. The Hall–Kier alpha value is -2.49. The number of ether oxygens (including phenoxy) is 1. The predicted octanol–water partition coefficient (Wildman–Crippen LogP) is 3.30. The molecule has 0 heterocycles. The number of methoxy groups -OCH3 is 1. The molecule has 0 bridgehead atoms. The number of carbonyl (C=O) groups excluding carboxylic acids is 1. The minimum Gasteiger partial charge on any atom is -0.495 e. The lowest BCUT2D eigenvalue weighted by molar-refractivity contribution is 0.102. The van der Waals surface area contributed by atoms with Crippen molar-refractivity contribution in [3.8, 4) is 5.75 Å². The van der Waals surface area contributed by atoms with Crippen molar-refractivity contribution in [2.45, 2.75) is 6.92 Å². The third-order valence-electron chi connectivity index (χ3n) is 3.04. The molecule has 0 aromatic heterocycles. The first-order valence-corrected chi connectivity index (χ1v) is 6.38. The number of nitrogens with one attached hydrogen (secondary N) is 2. The summed E-state index contributed by atoms with van der Waals surface area (Å²) in [4.78, 5) is 12.4. The van der Waals surface area contributed by atoms with Crippen LogP contribution in [0.4, 0.5) is 11.4 Å². The smallest absolute Gasteiger partial charge is 0.257 e. The highest BCUT2D eigenvalue weighted by atomic mass is 16.5. The Morgan fingerprint density at radius 3 is 2.55 bits per heavy atom. The van der Waals surface area contributed by atoms with Crippen LogP contribution in [0.5, 0.6) is 5.75 Å². The third-order valence-corrected chi connectivity index (χ3v) is 3.04. The molecule has 104 valence electrons. The normalized spacial score (nSPS) is 9.95. The van der Waals surface area contributed by atoms with Crippen molar-refractivity contribution < 1.29 is 9.53 Å². The van der Waals surface area contributed by atoms with E-state index in [-0.39, 0.29) is 5.91 Å². The van der Waals surface area contributed by atoms with E-state index in [4.69, 9.17) is 4.74 Å². The maximum absolute atomic E-state index is 12.4. The number of amides is 1. The van der Waals surface area contributed by atoms with Crippen LogP contribution in [0.3, 0.4) is 0 Å². The molecule has 0 spiro atoms.